The number of nitrogens with zero attached hydrogens (tertiary/aromatic N) is 11. The lowest BCUT2D eigenvalue weighted by Crippen LogP contribution is -2.58. The molecule has 448 valence electrons. The van der Waals surface area contributed by atoms with Crippen LogP contribution in [0, 0.1) is 31.4 Å². The van der Waals surface area contributed by atoms with Crippen LogP contribution in [0.25, 0.3) is 56.0 Å². The Hall–Kier alpha value is -7.73. The van der Waals surface area contributed by atoms with Crippen LogP contribution in [0.15, 0.2) is 120 Å². The van der Waals surface area contributed by atoms with Crippen LogP contribution in [-0.4, -0.2) is 92.8 Å². The van der Waals surface area contributed by atoms with Crippen molar-refractivity contribution in [2.75, 3.05) is 29.4 Å². The summed E-state index contributed by atoms with van der Waals surface area (Å²) in [5.41, 5.74) is 5.13. The van der Waals surface area contributed by atoms with Gasteiger partial charge < -0.3 is 14.7 Å². The summed E-state index contributed by atoms with van der Waals surface area (Å²) in [6.45, 7) is 28.5. The number of benzene rings is 2. The Morgan fingerprint density at radius 3 is 1.44 bits per heavy atom. The molecule has 10 rings (SSSR count). The van der Waals surface area contributed by atoms with E-state index in [1.165, 1.54) is 27.3 Å². The van der Waals surface area contributed by atoms with Gasteiger partial charge in [-0.15, -0.1) is 0 Å². The highest BCUT2D eigenvalue weighted by atomic mass is 35.5. The van der Waals surface area contributed by atoms with Gasteiger partial charge >= 0.3 is 11.4 Å². The molecule has 6 aromatic heterocycles. The maximum absolute atomic E-state index is 15.0. The van der Waals surface area contributed by atoms with E-state index >= 15 is 0 Å². The lowest BCUT2D eigenvalue weighted by molar-refractivity contribution is -0.128. The number of hydrogen-bond acceptors (Lipinski definition) is 12. The van der Waals surface area contributed by atoms with Crippen molar-refractivity contribution in [2.45, 2.75) is 127 Å². The monoisotopic (exact) mass is 1220 g/mol. The molecule has 2 aromatic carbocycles. The van der Waals surface area contributed by atoms with Gasteiger partial charge in [-0.05, 0) is 149 Å². The molecule has 0 unspecified atom stereocenters. The van der Waals surface area contributed by atoms with E-state index in [-0.39, 0.29) is 78.3 Å². The molecule has 8 aromatic rings. The van der Waals surface area contributed by atoms with Crippen LogP contribution in [-0.2, 0) is 9.59 Å². The summed E-state index contributed by atoms with van der Waals surface area (Å²) in [7, 11) is 0. The first-order chi connectivity index (χ1) is 39.5. The Balaban J connectivity index is 0.000000248. The third kappa shape index (κ3) is 13.7. The van der Waals surface area contributed by atoms with Crippen LogP contribution in [0.4, 0.5) is 20.4 Å². The summed E-state index contributed by atoms with van der Waals surface area (Å²) >= 11 is 18.2. The molecule has 0 N–H and O–H groups in total. The number of hydrogen-bond donors (Lipinski definition) is 0. The highest BCUT2D eigenvalue weighted by Crippen LogP contribution is 2.39. The number of halogens is 5. The third-order valence-electron chi connectivity index (χ3n) is 15.0. The minimum atomic E-state index is -0.538. The average Bonchev–Trinajstić information content (AvgIpc) is 1.05. The number of anilines is 2. The summed E-state index contributed by atoms with van der Waals surface area (Å²) < 4.78 is 32.8. The van der Waals surface area contributed by atoms with Gasteiger partial charge in [-0.25, -0.2) is 37.5 Å². The zero-order valence-electron chi connectivity index (χ0n) is 48.1. The first kappa shape index (κ1) is 66.4. The molecule has 0 radical (unpaired) electrons. The summed E-state index contributed by atoms with van der Waals surface area (Å²) in [5, 5.41) is 1.21. The second kappa shape index (κ2) is 28.0. The van der Waals surface area contributed by atoms with Crippen LogP contribution in [0.2, 0.25) is 10.0 Å². The summed E-state index contributed by atoms with van der Waals surface area (Å²) in [5.74, 6) is 0.438. The first-order valence-electron chi connectivity index (χ1n) is 27.4. The molecule has 20 heteroatoms. The highest BCUT2D eigenvalue weighted by molar-refractivity contribution is 6.66. The van der Waals surface area contributed by atoms with E-state index in [0.717, 1.165) is 42.3 Å². The van der Waals surface area contributed by atoms with Crippen LogP contribution < -0.4 is 21.2 Å². The Morgan fingerprint density at radius 2 is 1.04 bits per heavy atom. The van der Waals surface area contributed by atoms with E-state index in [9.17, 15) is 28.0 Å². The quantitative estimate of drug-likeness (QED) is 0.0941. The Labute approximate surface area is 511 Å². The molecule has 2 fully saturated rings. The molecule has 85 heavy (non-hydrogen) atoms. The smallest absolute Gasteiger partial charge is 0.353 e. The number of aryl methyl sites for hydroxylation is 2. The molecule has 0 saturated carbocycles. The first-order valence-corrected chi connectivity index (χ1v) is 28.6. The van der Waals surface area contributed by atoms with Crippen LogP contribution in [0.5, 0.6) is 0 Å². The fourth-order valence-corrected chi connectivity index (χ4v) is 11.2. The van der Waals surface area contributed by atoms with Crippen LogP contribution in [0.1, 0.15) is 117 Å². The average molecular weight is 1220 g/mol. The topological polar surface area (TPSA) is 165 Å². The number of rotatable bonds is 10. The normalized spacial score (nSPS) is 16.6. The van der Waals surface area contributed by atoms with Gasteiger partial charge in [0.25, 0.3) is 0 Å². The van der Waals surface area contributed by atoms with Crippen molar-refractivity contribution in [3.63, 3.8) is 0 Å². The Morgan fingerprint density at radius 1 is 0.612 bits per heavy atom. The molecule has 2 aliphatic rings. The summed E-state index contributed by atoms with van der Waals surface area (Å²) in [6.07, 6.45) is 7.93. The van der Waals surface area contributed by atoms with E-state index in [1.54, 1.807) is 65.8 Å². The van der Waals surface area contributed by atoms with Crippen molar-refractivity contribution in [1.29, 1.82) is 0 Å². The van der Waals surface area contributed by atoms with Crippen molar-refractivity contribution in [3.8, 4) is 33.9 Å². The van der Waals surface area contributed by atoms with Gasteiger partial charge in [0, 0.05) is 61.3 Å². The van der Waals surface area contributed by atoms with Gasteiger partial charge in [-0.2, -0.15) is 9.97 Å². The number of piperazine rings is 1. The molecule has 2 aliphatic heterocycles. The number of aromatic nitrogens is 8. The largest absolute Gasteiger partial charge is 0.355 e. The van der Waals surface area contributed by atoms with Crippen LogP contribution in [0.3, 0.4) is 0 Å². The van der Waals surface area contributed by atoms with Crippen LogP contribution >= 0.6 is 34.8 Å². The number of piperidine rings is 1. The molecule has 0 aliphatic carbocycles. The molecule has 0 bridgehead atoms. The van der Waals surface area contributed by atoms with Crippen molar-refractivity contribution >= 4 is 79.7 Å². The fraction of sp³-hybridized carbons (Fsp3) is 0.354. The van der Waals surface area contributed by atoms with Crippen molar-refractivity contribution in [3.05, 3.63) is 176 Å². The zero-order chi connectivity index (χ0) is 60.3. The molecule has 2 saturated heterocycles. The lowest BCUT2D eigenvalue weighted by atomic mass is 9.95. The van der Waals surface area contributed by atoms with Gasteiger partial charge in [-0.1, -0.05) is 110 Å². The van der Waals surface area contributed by atoms with E-state index in [0.29, 0.717) is 74.8 Å². The van der Waals surface area contributed by atoms with E-state index in [2.05, 4.69) is 51.8 Å². The highest BCUT2D eigenvalue weighted by Gasteiger charge is 2.35. The maximum Gasteiger partial charge on any atom is 0.355 e. The second-order valence-electron chi connectivity index (χ2n) is 21.7. The molecule has 15 nitrogen and oxygen atoms in total. The number of carbonyl (C=O) groups excluding carboxylic acids is 2. The SMILES string of the molecule is C.C.C=CC(=O)Cl.C=CC(=O)N1C[C@H](C)N(c2nc(=O)n(-c3c(C)ccnc3C(C)C)c3nc(-c4ccccc4F)c(Cl)cc23)C[C@H]1C.Cc1ccnc(C(C)C)c1-n1c(=O)nc(N2C[C@@H](C)CC[C@@H]2C)c2cc(Cl)c(-c3ccccc3F)nc21. The number of carbonyl (C=O) groups is 2. The van der Waals surface area contributed by atoms with E-state index < -0.39 is 28.3 Å². The van der Waals surface area contributed by atoms with Gasteiger partial charge in [0.15, 0.2) is 11.3 Å². The molecule has 8 heterocycles. The zero-order valence-corrected chi connectivity index (χ0v) is 50.4. The molecule has 1 amide bonds. The van der Waals surface area contributed by atoms with Gasteiger partial charge in [0.05, 0.1) is 55.0 Å². The third-order valence-corrected chi connectivity index (χ3v) is 15.7. The van der Waals surface area contributed by atoms with Gasteiger partial charge in [-0.3, -0.25) is 19.6 Å². The second-order valence-corrected chi connectivity index (χ2v) is 22.9. The predicted molar refractivity (Wildman–Crippen MR) is 342 cm³/mol. The van der Waals surface area contributed by atoms with Crippen molar-refractivity contribution < 1.29 is 18.4 Å². The Kier molecular flexibility index (Phi) is 21.9. The maximum atomic E-state index is 15.0. The van der Waals surface area contributed by atoms with Crippen molar-refractivity contribution in [2.24, 2.45) is 5.92 Å². The predicted octanol–water partition coefficient (Wildman–Crippen LogP) is 14.6. The van der Waals surface area contributed by atoms with E-state index in [4.69, 9.17) is 44.8 Å². The number of pyridine rings is 4. The minimum Gasteiger partial charge on any atom is -0.353 e. The number of allylic oxidation sites excluding steroid dienone is 1. The minimum absolute atomic E-state index is 0. The number of fused-ring (bicyclic) bond motifs is 2. The number of amides is 1. The molecule has 4 atom stereocenters. The molecular weight excluding hydrogens is 1140 g/mol. The van der Waals surface area contributed by atoms with Gasteiger partial charge in [0.1, 0.15) is 23.3 Å². The summed E-state index contributed by atoms with van der Waals surface area (Å²) in [4.78, 5) is 83.9. The van der Waals surface area contributed by atoms with Crippen molar-refractivity contribution in [1.82, 2.24) is 43.9 Å². The lowest BCUT2D eigenvalue weighted by Gasteiger charge is -2.44. The standard InChI is InChI=1S/C31H32ClFN6O2.C29H31ClFN5O.C3H3ClO.2CH4/c1-7-25(40)37-15-20(6)38(16-19(37)5)29-22-14-23(32)27(21-10-8-9-11-24(21)33)35-30(22)39(31(41)36-29)28-18(4)12-13-34-26(28)17(2)3;1-16(2)24-26(18(4)12-13-32-24)36-28-21(14-22(30)25(33-28)20-8-6-7-9-23(20)31)27(34-29(36)37)35-15-17(3)10-11-19(35)5;1-2-3(4)5;;/h7-14,17,19-20H,1,15-16H2,2-6H3;6-9,12-14,16-17,19H,10-11,15H2,1-5H3;2H,1H2;2*1H4/t19-,20+;17-,19-;;;/m10.../s1. The summed E-state index contributed by atoms with van der Waals surface area (Å²) in [6, 6.07) is 19.7. The van der Waals surface area contributed by atoms with E-state index in [1.807, 2.05) is 72.4 Å². The molecule has 0 spiro atoms. The fourth-order valence-electron chi connectivity index (χ4n) is 10.7. The molecular formula is C65H74Cl3F2N11O4. The van der Waals surface area contributed by atoms with Gasteiger partial charge in [0.2, 0.25) is 11.1 Å². The Bertz CT molecular complexity index is 3950.